The average Bonchev–Trinajstić information content (AvgIpc) is 2.34. The fourth-order valence-corrected chi connectivity index (χ4v) is 2.59. The smallest absolute Gasteiger partial charge is 0.0630 e. The Hall–Kier alpha value is -0.160. The number of ether oxygens (including phenoxy) is 1. The second-order valence-corrected chi connectivity index (χ2v) is 5.93. The number of likely N-dealkylation sites (tertiary alicyclic amines) is 1. The van der Waals surface area contributed by atoms with Gasteiger partial charge in [-0.25, -0.2) is 0 Å². The highest BCUT2D eigenvalue weighted by Gasteiger charge is 2.26. The SMILES string of the molecule is COCC(CNC(C)C)N1CCCC(N(C)C)C1. The molecule has 0 aliphatic carbocycles. The molecule has 0 saturated carbocycles. The van der Waals surface area contributed by atoms with Crippen LogP contribution in [0.25, 0.3) is 0 Å². The van der Waals surface area contributed by atoms with Crippen LogP contribution in [0, 0.1) is 0 Å². The molecular weight excluding hydrogens is 226 g/mol. The van der Waals surface area contributed by atoms with Crippen LogP contribution in [0.2, 0.25) is 0 Å². The Balaban J connectivity index is 2.49. The van der Waals surface area contributed by atoms with Gasteiger partial charge >= 0.3 is 0 Å². The summed E-state index contributed by atoms with van der Waals surface area (Å²) < 4.78 is 5.39. The minimum absolute atomic E-state index is 0.500. The second-order valence-electron chi connectivity index (χ2n) is 5.93. The lowest BCUT2D eigenvalue weighted by Crippen LogP contribution is -2.53. The van der Waals surface area contributed by atoms with Gasteiger partial charge in [0, 0.05) is 38.3 Å². The van der Waals surface area contributed by atoms with Crippen molar-refractivity contribution in [2.45, 2.75) is 44.8 Å². The lowest BCUT2D eigenvalue weighted by Gasteiger charge is -2.40. The summed E-state index contributed by atoms with van der Waals surface area (Å²) in [5.74, 6) is 0. The summed E-state index contributed by atoms with van der Waals surface area (Å²) in [5.41, 5.74) is 0. The van der Waals surface area contributed by atoms with Gasteiger partial charge in [0.25, 0.3) is 0 Å². The maximum Gasteiger partial charge on any atom is 0.0630 e. The molecule has 0 radical (unpaired) electrons. The molecule has 0 amide bonds. The van der Waals surface area contributed by atoms with Crippen LogP contribution in [0.15, 0.2) is 0 Å². The first-order chi connectivity index (χ1) is 8.54. The lowest BCUT2D eigenvalue weighted by molar-refractivity contribution is 0.0480. The summed E-state index contributed by atoms with van der Waals surface area (Å²) in [6, 6.07) is 1.73. The van der Waals surface area contributed by atoms with Gasteiger partial charge < -0.3 is 15.0 Å². The maximum atomic E-state index is 5.39. The highest BCUT2D eigenvalue weighted by Crippen LogP contribution is 2.16. The first-order valence-corrected chi connectivity index (χ1v) is 7.17. The van der Waals surface area contributed by atoms with Crippen LogP contribution in [0.4, 0.5) is 0 Å². The molecule has 1 rings (SSSR count). The molecule has 108 valence electrons. The Bertz CT molecular complexity index is 219. The third kappa shape index (κ3) is 5.22. The Labute approximate surface area is 113 Å². The molecule has 2 atom stereocenters. The van der Waals surface area contributed by atoms with Crippen molar-refractivity contribution in [3.05, 3.63) is 0 Å². The molecule has 4 nitrogen and oxygen atoms in total. The third-order valence-electron chi connectivity index (χ3n) is 3.80. The van der Waals surface area contributed by atoms with E-state index in [4.69, 9.17) is 4.74 Å². The molecular formula is C14H31N3O. The fraction of sp³-hybridized carbons (Fsp3) is 1.00. The van der Waals surface area contributed by atoms with Crippen LogP contribution < -0.4 is 5.32 Å². The van der Waals surface area contributed by atoms with Crippen molar-refractivity contribution < 1.29 is 4.74 Å². The summed E-state index contributed by atoms with van der Waals surface area (Å²) in [6.45, 7) is 8.61. The van der Waals surface area contributed by atoms with Crippen LogP contribution in [0.1, 0.15) is 26.7 Å². The summed E-state index contributed by atoms with van der Waals surface area (Å²) in [7, 11) is 6.17. The van der Waals surface area contributed by atoms with Gasteiger partial charge in [0.15, 0.2) is 0 Å². The van der Waals surface area contributed by atoms with Gasteiger partial charge in [-0.15, -0.1) is 0 Å². The first-order valence-electron chi connectivity index (χ1n) is 7.17. The van der Waals surface area contributed by atoms with Gasteiger partial charge in [-0.3, -0.25) is 4.90 Å². The number of piperidine rings is 1. The Morgan fingerprint density at radius 3 is 2.67 bits per heavy atom. The zero-order valence-electron chi connectivity index (χ0n) is 12.8. The Morgan fingerprint density at radius 2 is 2.11 bits per heavy atom. The molecule has 1 heterocycles. The number of hydrogen-bond acceptors (Lipinski definition) is 4. The van der Waals surface area contributed by atoms with Crippen molar-refractivity contribution >= 4 is 0 Å². The molecule has 0 aromatic heterocycles. The van der Waals surface area contributed by atoms with Crippen molar-refractivity contribution in [1.82, 2.24) is 15.1 Å². The highest BCUT2D eigenvalue weighted by molar-refractivity contribution is 4.84. The van der Waals surface area contributed by atoms with E-state index >= 15 is 0 Å². The van der Waals surface area contributed by atoms with E-state index in [1.165, 1.54) is 25.9 Å². The fourth-order valence-electron chi connectivity index (χ4n) is 2.59. The van der Waals surface area contributed by atoms with Gasteiger partial charge in [-0.05, 0) is 33.5 Å². The lowest BCUT2D eigenvalue weighted by atomic mass is 10.0. The predicted molar refractivity (Wildman–Crippen MR) is 77.1 cm³/mol. The summed E-state index contributed by atoms with van der Waals surface area (Å²) in [5, 5.41) is 3.54. The molecule has 1 fully saturated rings. The van der Waals surface area contributed by atoms with E-state index in [1.54, 1.807) is 7.11 Å². The molecule has 0 aromatic rings. The summed E-state index contributed by atoms with van der Waals surface area (Å²) >= 11 is 0. The van der Waals surface area contributed by atoms with Gasteiger partial charge in [0.2, 0.25) is 0 Å². The van der Waals surface area contributed by atoms with Crippen molar-refractivity contribution in [2.24, 2.45) is 0 Å². The molecule has 0 aromatic carbocycles. The molecule has 4 heteroatoms. The van der Waals surface area contributed by atoms with Crippen LogP contribution in [-0.2, 0) is 4.74 Å². The van der Waals surface area contributed by atoms with E-state index in [0.717, 1.165) is 13.2 Å². The topological polar surface area (TPSA) is 27.7 Å². The van der Waals surface area contributed by atoms with E-state index in [1.807, 2.05) is 0 Å². The van der Waals surface area contributed by atoms with Gasteiger partial charge in [0.1, 0.15) is 0 Å². The molecule has 18 heavy (non-hydrogen) atoms. The van der Waals surface area contributed by atoms with Crippen LogP contribution in [0.5, 0.6) is 0 Å². The Morgan fingerprint density at radius 1 is 1.39 bits per heavy atom. The predicted octanol–water partition coefficient (Wildman–Crippen LogP) is 1.03. The van der Waals surface area contributed by atoms with Crippen molar-refractivity contribution in [3.63, 3.8) is 0 Å². The van der Waals surface area contributed by atoms with Crippen molar-refractivity contribution in [2.75, 3.05) is 47.4 Å². The van der Waals surface area contributed by atoms with E-state index in [2.05, 4.69) is 43.1 Å². The van der Waals surface area contributed by atoms with Crippen LogP contribution >= 0.6 is 0 Å². The van der Waals surface area contributed by atoms with Gasteiger partial charge in [-0.2, -0.15) is 0 Å². The van der Waals surface area contributed by atoms with E-state index in [9.17, 15) is 0 Å². The molecule has 0 bridgehead atoms. The third-order valence-corrected chi connectivity index (χ3v) is 3.80. The maximum absolute atomic E-state index is 5.39. The molecule has 1 aliphatic rings. The summed E-state index contributed by atoms with van der Waals surface area (Å²) in [4.78, 5) is 4.94. The zero-order chi connectivity index (χ0) is 13.5. The minimum Gasteiger partial charge on any atom is -0.383 e. The number of hydrogen-bond donors (Lipinski definition) is 1. The van der Waals surface area contributed by atoms with Crippen molar-refractivity contribution in [1.29, 1.82) is 0 Å². The van der Waals surface area contributed by atoms with Gasteiger partial charge in [0.05, 0.1) is 6.61 Å². The van der Waals surface area contributed by atoms with Crippen LogP contribution in [0.3, 0.4) is 0 Å². The molecule has 1 N–H and O–H groups in total. The number of rotatable bonds is 7. The van der Waals surface area contributed by atoms with Gasteiger partial charge in [-0.1, -0.05) is 13.8 Å². The van der Waals surface area contributed by atoms with E-state index in [-0.39, 0.29) is 0 Å². The average molecular weight is 257 g/mol. The zero-order valence-corrected chi connectivity index (χ0v) is 12.8. The monoisotopic (exact) mass is 257 g/mol. The number of nitrogens with one attached hydrogen (secondary N) is 1. The highest BCUT2D eigenvalue weighted by atomic mass is 16.5. The van der Waals surface area contributed by atoms with E-state index < -0.39 is 0 Å². The summed E-state index contributed by atoms with van der Waals surface area (Å²) in [6.07, 6.45) is 2.62. The molecule has 0 spiro atoms. The number of methoxy groups -OCH3 is 1. The molecule has 2 unspecified atom stereocenters. The number of nitrogens with zero attached hydrogens (tertiary/aromatic N) is 2. The quantitative estimate of drug-likeness (QED) is 0.737. The normalized spacial score (nSPS) is 23.8. The minimum atomic E-state index is 0.500. The largest absolute Gasteiger partial charge is 0.383 e. The van der Waals surface area contributed by atoms with Crippen molar-refractivity contribution in [3.8, 4) is 0 Å². The Kier molecular flexibility index (Phi) is 7.15. The van der Waals surface area contributed by atoms with E-state index in [0.29, 0.717) is 18.1 Å². The molecule has 1 saturated heterocycles. The van der Waals surface area contributed by atoms with Crippen LogP contribution in [-0.4, -0.2) is 75.4 Å². The first kappa shape index (κ1) is 15.9. The molecule has 1 aliphatic heterocycles. The standard InChI is InChI=1S/C14H31N3O/c1-12(2)15-9-14(11-18-5)17-8-6-7-13(10-17)16(3)4/h12-15H,6-11H2,1-5H3. The second kappa shape index (κ2) is 8.10. The number of likely N-dealkylation sites (N-methyl/N-ethyl adjacent to an activating group) is 1.